The predicted molar refractivity (Wildman–Crippen MR) is 123 cm³/mol. The SMILES string of the molecule is CC(=O)OCc1cccc(COc2cccc(-c3c(C)cnc4c(C(F)(F)F)cccc34)c2)c1. The zero-order chi connectivity index (χ0) is 24.3. The lowest BCUT2D eigenvalue weighted by Gasteiger charge is -2.15. The molecule has 0 atom stereocenters. The maximum Gasteiger partial charge on any atom is 0.418 e. The summed E-state index contributed by atoms with van der Waals surface area (Å²) < 4.78 is 51.5. The smallest absolute Gasteiger partial charge is 0.418 e. The van der Waals surface area contributed by atoms with Crippen molar-refractivity contribution in [1.29, 1.82) is 0 Å². The lowest BCUT2D eigenvalue weighted by atomic mass is 9.95. The third-order valence-corrected chi connectivity index (χ3v) is 5.35. The molecule has 1 aromatic heterocycles. The molecule has 0 aliphatic rings. The van der Waals surface area contributed by atoms with E-state index < -0.39 is 11.7 Å². The number of pyridine rings is 1. The van der Waals surface area contributed by atoms with E-state index in [1.807, 2.05) is 43.3 Å². The van der Waals surface area contributed by atoms with Gasteiger partial charge in [0.25, 0.3) is 0 Å². The molecule has 174 valence electrons. The zero-order valence-electron chi connectivity index (χ0n) is 18.6. The molecule has 0 unspecified atom stereocenters. The molecular weight excluding hydrogens is 443 g/mol. The quantitative estimate of drug-likeness (QED) is 0.292. The molecule has 0 amide bonds. The van der Waals surface area contributed by atoms with Crippen LogP contribution in [0.15, 0.2) is 72.9 Å². The van der Waals surface area contributed by atoms with Crippen LogP contribution in [0.4, 0.5) is 13.2 Å². The number of nitrogens with zero attached hydrogens (tertiary/aromatic N) is 1. The van der Waals surface area contributed by atoms with E-state index in [4.69, 9.17) is 9.47 Å². The summed E-state index contributed by atoms with van der Waals surface area (Å²) in [4.78, 5) is 15.1. The molecule has 0 saturated heterocycles. The van der Waals surface area contributed by atoms with Gasteiger partial charge in [-0.1, -0.05) is 42.5 Å². The number of hydrogen-bond donors (Lipinski definition) is 0. The number of ether oxygens (including phenoxy) is 2. The van der Waals surface area contributed by atoms with Gasteiger partial charge in [0, 0.05) is 18.5 Å². The van der Waals surface area contributed by atoms with Crippen molar-refractivity contribution in [2.24, 2.45) is 0 Å². The van der Waals surface area contributed by atoms with Crippen molar-refractivity contribution in [2.45, 2.75) is 33.2 Å². The fourth-order valence-electron chi connectivity index (χ4n) is 3.84. The molecule has 4 aromatic rings. The van der Waals surface area contributed by atoms with Gasteiger partial charge in [-0.3, -0.25) is 9.78 Å². The Labute approximate surface area is 195 Å². The van der Waals surface area contributed by atoms with Crippen LogP contribution in [-0.2, 0) is 28.9 Å². The summed E-state index contributed by atoms with van der Waals surface area (Å²) in [5.41, 5.74) is 3.11. The molecule has 1 heterocycles. The molecule has 0 bridgehead atoms. The third-order valence-electron chi connectivity index (χ3n) is 5.35. The van der Waals surface area contributed by atoms with E-state index in [0.29, 0.717) is 16.7 Å². The van der Waals surface area contributed by atoms with Crippen molar-refractivity contribution in [3.63, 3.8) is 0 Å². The molecule has 0 radical (unpaired) electrons. The minimum absolute atomic E-state index is 0.0773. The Morgan fingerprint density at radius 2 is 1.65 bits per heavy atom. The predicted octanol–water partition coefficient (Wildman–Crippen LogP) is 6.87. The number of carbonyl (C=O) groups is 1. The summed E-state index contributed by atoms with van der Waals surface area (Å²) in [5, 5.41) is 0.435. The lowest BCUT2D eigenvalue weighted by molar-refractivity contribution is -0.142. The van der Waals surface area contributed by atoms with Crippen LogP contribution in [-0.4, -0.2) is 11.0 Å². The highest BCUT2D eigenvalue weighted by Gasteiger charge is 2.33. The number of benzene rings is 3. The molecule has 7 heteroatoms. The molecular formula is C27H22F3NO3. The first-order chi connectivity index (χ1) is 16.2. The third kappa shape index (κ3) is 5.20. The summed E-state index contributed by atoms with van der Waals surface area (Å²) in [7, 11) is 0. The van der Waals surface area contributed by atoms with E-state index in [2.05, 4.69) is 4.98 Å². The number of hydrogen-bond acceptors (Lipinski definition) is 4. The number of alkyl halides is 3. The van der Waals surface area contributed by atoms with Crippen LogP contribution in [0.5, 0.6) is 5.75 Å². The van der Waals surface area contributed by atoms with Gasteiger partial charge in [-0.2, -0.15) is 13.2 Å². The van der Waals surface area contributed by atoms with Crippen LogP contribution in [0.3, 0.4) is 0 Å². The van der Waals surface area contributed by atoms with Gasteiger partial charge in [0.1, 0.15) is 19.0 Å². The second-order valence-corrected chi connectivity index (χ2v) is 7.93. The molecule has 0 saturated carbocycles. The Balaban J connectivity index is 1.62. The van der Waals surface area contributed by atoms with Gasteiger partial charge >= 0.3 is 12.1 Å². The van der Waals surface area contributed by atoms with Crippen LogP contribution in [0, 0.1) is 6.92 Å². The van der Waals surface area contributed by atoms with E-state index in [1.165, 1.54) is 19.2 Å². The summed E-state index contributed by atoms with van der Waals surface area (Å²) in [6.45, 7) is 3.65. The Morgan fingerprint density at radius 1 is 0.941 bits per heavy atom. The molecule has 34 heavy (non-hydrogen) atoms. The topological polar surface area (TPSA) is 48.4 Å². The first kappa shape index (κ1) is 23.3. The second-order valence-electron chi connectivity index (χ2n) is 7.93. The maximum atomic E-state index is 13.5. The van der Waals surface area contributed by atoms with Crippen molar-refractivity contribution < 1.29 is 27.4 Å². The average Bonchev–Trinajstić information content (AvgIpc) is 2.81. The number of aromatic nitrogens is 1. The van der Waals surface area contributed by atoms with E-state index >= 15 is 0 Å². The molecule has 0 spiro atoms. The largest absolute Gasteiger partial charge is 0.489 e. The molecule has 0 aliphatic carbocycles. The highest BCUT2D eigenvalue weighted by molar-refractivity contribution is 5.97. The highest BCUT2D eigenvalue weighted by Crippen LogP contribution is 2.38. The van der Waals surface area contributed by atoms with Crippen molar-refractivity contribution in [2.75, 3.05) is 0 Å². The van der Waals surface area contributed by atoms with Crippen molar-refractivity contribution in [3.05, 3.63) is 95.2 Å². The average molecular weight is 465 g/mol. The number of halogens is 3. The van der Waals surface area contributed by atoms with Gasteiger partial charge in [0.15, 0.2) is 0 Å². The second kappa shape index (κ2) is 9.55. The Morgan fingerprint density at radius 3 is 2.38 bits per heavy atom. The minimum atomic E-state index is -4.49. The van der Waals surface area contributed by atoms with E-state index in [-0.39, 0.29) is 24.7 Å². The molecule has 4 nitrogen and oxygen atoms in total. The Bertz CT molecular complexity index is 1350. The Hall–Kier alpha value is -3.87. The van der Waals surface area contributed by atoms with E-state index in [0.717, 1.165) is 28.3 Å². The standard InChI is InChI=1S/C27H22F3NO3/c1-17-14-31-26-23(10-5-11-24(26)27(28,29)30)25(17)21-8-4-9-22(13-21)34-16-20-7-3-6-19(12-20)15-33-18(2)32/h3-14H,15-16H2,1-2H3. The summed E-state index contributed by atoms with van der Waals surface area (Å²) in [5.74, 6) is 0.235. The first-order valence-corrected chi connectivity index (χ1v) is 10.6. The molecule has 0 fully saturated rings. The maximum absolute atomic E-state index is 13.5. The number of aryl methyl sites for hydroxylation is 1. The first-order valence-electron chi connectivity index (χ1n) is 10.6. The van der Waals surface area contributed by atoms with Gasteiger partial charge in [0.2, 0.25) is 0 Å². The summed E-state index contributed by atoms with van der Waals surface area (Å²) in [6, 6.07) is 18.9. The number of esters is 1. The molecule has 0 aliphatic heterocycles. The van der Waals surface area contributed by atoms with Crippen LogP contribution < -0.4 is 4.74 Å². The lowest BCUT2D eigenvalue weighted by Crippen LogP contribution is -2.07. The van der Waals surface area contributed by atoms with Crippen molar-refractivity contribution in [1.82, 2.24) is 4.98 Å². The summed E-state index contributed by atoms with van der Waals surface area (Å²) in [6.07, 6.45) is -3.02. The highest BCUT2D eigenvalue weighted by atomic mass is 19.4. The number of para-hydroxylation sites is 1. The van der Waals surface area contributed by atoms with Gasteiger partial charge in [-0.05, 0) is 59.0 Å². The van der Waals surface area contributed by atoms with Crippen molar-refractivity contribution >= 4 is 16.9 Å². The van der Waals surface area contributed by atoms with E-state index in [9.17, 15) is 18.0 Å². The van der Waals surface area contributed by atoms with Gasteiger partial charge in [-0.15, -0.1) is 0 Å². The van der Waals surface area contributed by atoms with Crippen LogP contribution in [0.1, 0.15) is 29.2 Å². The van der Waals surface area contributed by atoms with Gasteiger partial charge in [0.05, 0.1) is 11.1 Å². The van der Waals surface area contributed by atoms with Crippen LogP contribution in [0.2, 0.25) is 0 Å². The summed E-state index contributed by atoms with van der Waals surface area (Å²) >= 11 is 0. The Kier molecular flexibility index (Phi) is 6.54. The number of rotatable bonds is 6. The zero-order valence-corrected chi connectivity index (χ0v) is 18.6. The fourth-order valence-corrected chi connectivity index (χ4v) is 3.84. The van der Waals surface area contributed by atoms with Gasteiger partial charge < -0.3 is 9.47 Å². The van der Waals surface area contributed by atoms with Gasteiger partial charge in [-0.25, -0.2) is 0 Å². The monoisotopic (exact) mass is 465 g/mol. The molecule has 3 aromatic carbocycles. The molecule has 0 N–H and O–H groups in total. The number of carbonyl (C=O) groups excluding carboxylic acids is 1. The van der Waals surface area contributed by atoms with Crippen LogP contribution in [0.25, 0.3) is 22.0 Å². The number of fused-ring (bicyclic) bond motifs is 1. The fraction of sp³-hybridized carbons (Fsp3) is 0.185. The molecule has 4 rings (SSSR count). The van der Waals surface area contributed by atoms with E-state index in [1.54, 1.807) is 18.2 Å². The normalized spacial score (nSPS) is 11.4. The van der Waals surface area contributed by atoms with Crippen LogP contribution >= 0.6 is 0 Å². The minimum Gasteiger partial charge on any atom is -0.489 e. The van der Waals surface area contributed by atoms with Crippen molar-refractivity contribution in [3.8, 4) is 16.9 Å².